The highest BCUT2D eigenvalue weighted by molar-refractivity contribution is 8.00. The van der Waals surface area contributed by atoms with Gasteiger partial charge in [-0.2, -0.15) is 0 Å². The van der Waals surface area contributed by atoms with E-state index in [1.165, 1.54) is 17.7 Å². The molecule has 1 aromatic carbocycles. The van der Waals surface area contributed by atoms with Gasteiger partial charge in [0, 0.05) is 17.5 Å². The Kier molecular flexibility index (Phi) is 3.36. The van der Waals surface area contributed by atoms with Crippen molar-refractivity contribution in [3.05, 3.63) is 29.6 Å². The summed E-state index contributed by atoms with van der Waals surface area (Å²) in [4.78, 5) is 1.19. The lowest BCUT2D eigenvalue weighted by atomic mass is 10.2. The number of rotatable bonds is 5. The Morgan fingerprint density at radius 2 is 2.18 bits per heavy atom. The number of halogens is 1. The van der Waals surface area contributed by atoms with Crippen molar-refractivity contribution in [2.45, 2.75) is 35.6 Å². The molecule has 1 saturated carbocycles. The van der Waals surface area contributed by atoms with E-state index >= 15 is 0 Å². The molecule has 1 saturated heterocycles. The van der Waals surface area contributed by atoms with Crippen LogP contribution in [0.2, 0.25) is 0 Å². The number of hydrogen-bond acceptors (Lipinski definition) is 3. The molecule has 0 bridgehead atoms. The Hall–Kier alpha value is -0.580. The van der Waals surface area contributed by atoms with E-state index in [4.69, 9.17) is 4.74 Å². The summed E-state index contributed by atoms with van der Waals surface area (Å²) in [7, 11) is 0. The average molecular weight is 253 g/mol. The summed E-state index contributed by atoms with van der Waals surface area (Å²) in [5.74, 6) is -0.146. The number of hydrogen-bond donors (Lipinski definition) is 1. The van der Waals surface area contributed by atoms with Gasteiger partial charge in [0.2, 0.25) is 0 Å². The molecule has 0 spiro atoms. The van der Waals surface area contributed by atoms with Crippen LogP contribution in [0.3, 0.4) is 0 Å². The predicted octanol–water partition coefficient (Wildman–Crippen LogP) is 2.57. The van der Waals surface area contributed by atoms with Gasteiger partial charge < -0.3 is 10.1 Å². The lowest BCUT2D eigenvalue weighted by Crippen LogP contribution is -2.30. The summed E-state index contributed by atoms with van der Waals surface area (Å²) in [6.45, 7) is 2.41. The van der Waals surface area contributed by atoms with E-state index in [-0.39, 0.29) is 5.82 Å². The van der Waals surface area contributed by atoms with Crippen molar-refractivity contribution in [3.8, 4) is 0 Å². The molecule has 92 valence electrons. The zero-order valence-corrected chi connectivity index (χ0v) is 10.4. The molecule has 17 heavy (non-hydrogen) atoms. The van der Waals surface area contributed by atoms with Gasteiger partial charge in [0.1, 0.15) is 5.82 Å². The molecule has 0 radical (unpaired) electrons. The largest absolute Gasteiger partial charge is 0.379 e. The third kappa shape index (κ3) is 3.00. The highest BCUT2D eigenvalue weighted by atomic mass is 32.2. The molecule has 0 amide bonds. The van der Waals surface area contributed by atoms with Crippen LogP contribution in [0, 0.1) is 5.82 Å². The second kappa shape index (κ2) is 4.96. The van der Waals surface area contributed by atoms with Crippen molar-refractivity contribution in [3.63, 3.8) is 0 Å². The maximum atomic E-state index is 13.3. The first-order chi connectivity index (χ1) is 8.31. The first-order valence-corrected chi connectivity index (χ1v) is 6.95. The quantitative estimate of drug-likeness (QED) is 0.871. The van der Waals surface area contributed by atoms with Crippen molar-refractivity contribution < 1.29 is 9.13 Å². The van der Waals surface area contributed by atoms with Crippen LogP contribution in [0.5, 0.6) is 0 Å². The Labute approximate surface area is 105 Å². The lowest BCUT2D eigenvalue weighted by molar-refractivity contribution is 0.0455. The highest BCUT2D eigenvalue weighted by Crippen LogP contribution is 2.31. The molecule has 3 rings (SSSR count). The van der Waals surface area contributed by atoms with Crippen molar-refractivity contribution in [2.75, 3.05) is 13.2 Å². The van der Waals surface area contributed by atoms with Gasteiger partial charge in [-0.25, -0.2) is 4.39 Å². The minimum absolute atomic E-state index is 0.146. The van der Waals surface area contributed by atoms with Crippen molar-refractivity contribution in [1.82, 2.24) is 5.32 Å². The third-order valence-electron chi connectivity index (χ3n) is 3.08. The molecule has 4 heteroatoms. The van der Waals surface area contributed by atoms with Gasteiger partial charge in [0.05, 0.1) is 18.5 Å². The topological polar surface area (TPSA) is 21.3 Å². The van der Waals surface area contributed by atoms with E-state index in [1.54, 1.807) is 23.9 Å². The number of ether oxygens (including phenoxy) is 1. The van der Waals surface area contributed by atoms with Crippen LogP contribution < -0.4 is 5.32 Å². The molecule has 1 heterocycles. The van der Waals surface area contributed by atoms with E-state index in [0.29, 0.717) is 11.3 Å². The van der Waals surface area contributed by atoms with Gasteiger partial charge in [0.25, 0.3) is 0 Å². The third-order valence-corrected chi connectivity index (χ3v) is 4.34. The summed E-state index contributed by atoms with van der Waals surface area (Å²) in [6, 6.07) is 5.74. The molecule has 2 nitrogen and oxygen atoms in total. The number of nitrogens with one attached hydrogen (secondary N) is 1. The zero-order valence-electron chi connectivity index (χ0n) is 9.62. The smallest absolute Gasteiger partial charge is 0.123 e. The van der Waals surface area contributed by atoms with Crippen LogP contribution in [0.4, 0.5) is 4.39 Å². The summed E-state index contributed by atoms with van der Waals surface area (Å²) >= 11 is 1.81. The second-order valence-corrected chi connectivity index (χ2v) is 6.03. The summed E-state index contributed by atoms with van der Waals surface area (Å²) < 4.78 is 18.4. The molecule has 1 N–H and O–H groups in total. The van der Waals surface area contributed by atoms with E-state index in [1.807, 2.05) is 6.07 Å². The van der Waals surface area contributed by atoms with Crippen LogP contribution in [0.25, 0.3) is 0 Å². The summed E-state index contributed by atoms with van der Waals surface area (Å²) in [5, 5.41) is 3.98. The maximum Gasteiger partial charge on any atom is 0.123 e. The summed E-state index contributed by atoms with van der Waals surface area (Å²) in [6.07, 6.45) is 2.52. The van der Waals surface area contributed by atoms with Gasteiger partial charge in [-0.15, -0.1) is 11.8 Å². The molecular weight excluding hydrogens is 237 g/mol. The van der Waals surface area contributed by atoms with E-state index in [2.05, 4.69) is 5.32 Å². The van der Waals surface area contributed by atoms with Crippen molar-refractivity contribution >= 4 is 11.8 Å². The molecule has 0 unspecified atom stereocenters. The van der Waals surface area contributed by atoms with Crippen LogP contribution in [0.15, 0.2) is 23.1 Å². The van der Waals surface area contributed by atoms with Crippen molar-refractivity contribution in [1.29, 1.82) is 0 Å². The van der Waals surface area contributed by atoms with Gasteiger partial charge in [-0.3, -0.25) is 0 Å². The van der Waals surface area contributed by atoms with E-state index in [9.17, 15) is 4.39 Å². The van der Waals surface area contributed by atoms with Gasteiger partial charge in [-0.1, -0.05) is 0 Å². The SMILES string of the molecule is Fc1ccc(SC2COC2)c(CNC2CC2)c1. The lowest BCUT2D eigenvalue weighted by Gasteiger charge is -2.26. The minimum atomic E-state index is -0.146. The normalized spacial score (nSPS) is 20.3. The molecule has 0 aromatic heterocycles. The fourth-order valence-corrected chi connectivity index (χ4v) is 2.92. The van der Waals surface area contributed by atoms with Crippen LogP contribution in [-0.2, 0) is 11.3 Å². The first-order valence-electron chi connectivity index (χ1n) is 6.07. The minimum Gasteiger partial charge on any atom is -0.379 e. The zero-order chi connectivity index (χ0) is 11.7. The van der Waals surface area contributed by atoms with Gasteiger partial charge >= 0.3 is 0 Å². The Morgan fingerprint density at radius 1 is 1.35 bits per heavy atom. The molecule has 0 atom stereocenters. The second-order valence-electron chi connectivity index (χ2n) is 4.68. The fourth-order valence-electron chi connectivity index (χ4n) is 1.80. The van der Waals surface area contributed by atoms with E-state index < -0.39 is 0 Å². The molecule has 1 aromatic rings. The van der Waals surface area contributed by atoms with Gasteiger partial charge in [0.15, 0.2) is 0 Å². The monoisotopic (exact) mass is 253 g/mol. The standard InChI is InChI=1S/C13H16FNOS/c14-10-1-4-13(17-12-7-16-8-12)9(5-10)6-15-11-2-3-11/h1,4-5,11-12,15H,2-3,6-8H2. The summed E-state index contributed by atoms with van der Waals surface area (Å²) in [5.41, 5.74) is 1.08. The number of thioether (sulfide) groups is 1. The van der Waals surface area contributed by atoms with Crippen LogP contribution in [0.1, 0.15) is 18.4 Å². The predicted molar refractivity (Wildman–Crippen MR) is 66.7 cm³/mol. The molecular formula is C13H16FNOS. The van der Waals surface area contributed by atoms with Crippen molar-refractivity contribution in [2.24, 2.45) is 0 Å². The number of benzene rings is 1. The van der Waals surface area contributed by atoms with Crippen LogP contribution >= 0.6 is 11.8 Å². The Balaban J connectivity index is 1.69. The maximum absolute atomic E-state index is 13.3. The first kappa shape index (κ1) is 11.5. The molecule has 1 aliphatic carbocycles. The molecule has 2 aliphatic rings. The van der Waals surface area contributed by atoms with Gasteiger partial charge in [-0.05, 0) is 36.6 Å². The molecule has 2 fully saturated rings. The Bertz CT molecular complexity index is 404. The molecule has 1 aliphatic heterocycles. The highest BCUT2D eigenvalue weighted by Gasteiger charge is 2.23. The average Bonchev–Trinajstić information content (AvgIpc) is 3.06. The van der Waals surface area contributed by atoms with Crippen LogP contribution in [-0.4, -0.2) is 24.5 Å². The van der Waals surface area contributed by atoms with E-state index in [0.717, 1.165) is 25.3 Å². The fraction of sp³-hybridized carbons (Fsp3) is 0.538. The Morgan fingerprint density at radius 3 is 2.82 bits per heavy atom.